The molecule has 0 unspecified atom stereocenters. The van der Waals surface area contributed by atoms with Gasteiger partial charge in [-0.1, -0.05) is 29.8 Å². The maximum Gasteiger partial charge on any atom is 0.262 e. The van der Waals surface area contributed by atoms with Crippen LogP contribution in [-0.4, -0.2) is 36.4 Å². The molecule has 25 heavy (non-hydrogen) atoms. The van der Waals surface area contributed by atoms with E-state index in [1.165, 1.54) is 0 Å². The monoisotopic (exact) mass is 360 g/mol. The first-order chi connectivity index (χ1) is 12.0. The van der Waals surface area contributed by atoms with Crippen molar-refractivity contribution in [3.05, 3.63) is 59.1 Å². The summed E-state index contributed by atoms with van der Waals surface area (Å²) in [7, 11) is 0. The molecule has 0 spiro atoms. The first kappa shape index (κ1) is 18.8. The minimum Gasteiger partial charge on any atom is -0.482 e. The Kier molecular flexibility index (Phi) is 6.83. The van der Waals surface area contributed by atoms with Crippen molar-refractivity contribution in [3.8, 4) is 5.75 Å². The molecule has 2 rings (SSSR count). The van der Waals surface area contributed by atoms with Gasteiger partial charge in [0, 0.05) is 24.3 Å². The molecular weight excluding hydrogens is 340 g/mol. The molecule has 132 valence electrons. The summed E-state index contributed by atoms with van der Waals surface area (Å²) >= 11 is 5.98. The third-order valence-electron chi connectivity index (χ3n) is 3.64. The fourth-order valence-electron chi connectivity index (χ4n) is 2.33. The maximum atomic E-state index is 12.4. The topological polar surface area (TPSA) is 58.6 Å². The zero-order chi connectivity index (χ0) is 18.2. The Hall–Kier alpha value is -2.53. The number of halogens is 1. The molecule has 0 aliphatic rings. The van der Waals surface area contributed by atoms with E-state index in [4.69, 9.17) is 16.3 Å². The molecule has 0 saturated carbocycles. The van der Waals surface area contributed by atoms with E-state index in [0.717, 1.165) is 0 Å². The molecule has 0 aliphatic heterocycles. The number of anilines is 1. The van der Waals surface area contributed by atoms with Crippen LogP contribution in [0, 0.1) is 0 Å². The summed E-state index contributed by atoms with van der Waals surface area (Å²) < 4.78 is 5.40. The second-order valence-electron chi connectivity index (χ2n) is 5.33. The lowest BCUT2D eigenvalue weighted by atomic mass is 10.1. The SMILES string of the molecule is CCN(CC)C(=O)c1cccc(NC(=O)COc2ccccc2Cl)c1. The summed E-state index contributed by atoms with van der Waals surface area (Å²) in [6, 6.07) is 13.8. The number of amides is 2. The van der Waals surface area contributed by atoms with Gasteiger partial charge in [-0.2, -0.15) is 0 Å². The van der Waals surface area contributed by atoms with Crippen molar-refractivity contribution in [1.82, 2.24) is 4.90 Å². The second-order valence-corrected chi connectivity index (χ2v) is 5.73. The average molecular weight is 361 g/mol. The Bertz CT molecular complexity index is 745. The lowest BCUT2D eigenvalue weighted by molar-refractivity contribution is -0.118. The van der Waals surface area contributed by atoms with Crippen LogP contribution in [0.15, 0.2) is 48.5 Å². The smallest absolute Gasteiger partial charge is 0.262 e. The molecule has 0 saturated heterocycles. The third kappa shape index (κ3) is 5.22. The molecule has 0 bridgehead atoms. The normalized spacial score (nSPS) is 10.2. The number of carbonyl (C=O) groups excluding carboxylic acids is 2. The Morgan fingerprint density at radius 3 is 2.48 bits per heavy atom. The van der Waals surface area contributed by atoms with E-state index in [9.17, 15) is 9.59 Å². The first-order valence-electron chi connectivity index (χ1n) is 8.11. The molecule has 2 aromatic rings. The van der Waals surface area contributed by atoms with Crippen molar-refractivity contribution in [2.45, 2.75) is 13.8 Å². The van der Waals surface area contributed by atoms with Gasteiger partial charge < -0.3 is 15.0 Å². The molecule has 0 radical (unpaired) electrons. The molecule has 6 heteroatoms. The highest BCUT2D eigenvalue weighted by Gasteiger charge is 2.13. The minimum atomic E-state index is -0.327. The number of para-hydroxylation sites is 1. The Morgan fingerprint density at radius 2 is 1.80 bits per heavy atom. The second kappa shape index (κ2) is 9.08. The van der Waals surface area contributed by atoms with Crippen LogP contribution in [0.2, 0.25) is 5.02 Å². The van der Waals surface area contributed by atoms with Crippen LogP contribution in [0.1, 0.15) is 24.2 Å². The van der Waals surface area contributed by atoms with Crippen LogP contribution < -0.4 is 10.1 Å². The van der Waals surface area contributed by atoms with Crippen molar-refractivity contribution >= 4 is 29.1 Å². The van der Waals surface area contributed by atoms with Gasteiger partial charge in [-0.25, -0.2) is 0 Å². The van der Waals surface area contributed by atoms with Crippen molar-refractivity contribution in [2.75, 3.05) is 25.0 Å². The largest absolute Gasteiger partial charge is 0.482 e. The van der Waals surface area contributed by atoms with Crippen molar-refractivity contribution in [3.63, 3.8) is 0 Å². The quantitative estimate of drug-likeness (QED) is 0.816. The third-order valence-corrected chi connectivity index (χ3v) is 3.95. The van der Waals surface area contributed by atoms with Crippen LogP contribution in [0.25, 0.3) is 0 Å². The highest BCUT2D eigenvalue weighted by atomic mass is 35.5. The molecule has 0 atom stereocenters. The van der Waals surface area contributed by atoms with E-state index in [-0.39, 0.29) is 18.4 Å². The number of nitrogens with one attached hydrogen (secondary N) is 1. The average Bonchev–Trinajstić information content (AvgIpc) is 2.62. The molecule has 0 aliphatic carbocycles. The number of rotatable bonds is 7. The lowest BCUT2D eigenvalue weighted by Crippen LogP contribution is -2.30. The molecule has 0 fully saturated rings. The Labute approximate surface area is 152 Å². The molecule has 2 amide bonds. The standard InChI is InChI=1S/C19H21ClN2O3/c1-3-22(4-2)19(24)14-8-7-9-15(12-14)21-18(23)13-25-17-11-6-5-10-16(17)20/h5-12H,3-4,13H2,1-2H3,(H,21,23). The van der Waals surface area contributed by atoms with Gasteiger partial charge in [0.25, 0.3) is 11.8 Å². The summed E-state index contributed by atoms with van der Waals surface area (Å²) in [5, 5.41) is 3.17. The summed E-state index contributed by atoms with van der Waals surface area (Å²) in [6.45, 7) is 4.96. The molecule has 2 aromatic carbocycles. The highest BCUT2D eigenvalue weighted by molar-refractivity contribution is 6.32. The summed E-state index contributed by atoms with van der Waals surface area (Å²) in [4.78, 5) is 26.1. The Morgan fingerprint density at radius 1 is 1.08 bits per heavy atom. The number of ether oxygens (including phenoxy) is 1. The number of hydrogen-bond acceptors (Lipinski definition) is 3. The van der Waals surface area contributed by atoms with Crippen molar-refractivity contribution in [1.29, 1.82) is 0 Å². The van der Waals surface area contributed by atoms with Gasteiger partial charge in [-0.15, -0.1) is 0 Å². The van der Waals surface area contributed by atoms with E-state index < -0.39 is 0 Å². The summed E-state index contributed by atoms with van der Waals surface area (Å²) in [5.74, 6) is 0.0607. The number of hydrogen-bond donors (Lipinski definition) is 1. The first-order valence-corrected chi connectivity index (χ1v) is 8.49. The number of benzene rings is 2. The van der Waals surface area contributed by atoms with Gasteiger partial charge in [0.1, 0.15) is 5.75 Å². The van der Waals surface area contributed by atoms with E-state index in [0.29, 0.717) is 35.1 Å². The lowest BCUT2D eigenvalue weighted by Gasteiger charge is -2.19. The predicted octanol–water partition coefficient (Wildman–Crippen LogP) is 3.84. The van der Waals surface area contributed by atoms with Gasteiger partial charge in [-0.05, 0) is 44.2 Å². The zero-order valence-electron chi connectivity index (χ0n) is 14.3. The fraction of sp³-hybridized carbons (Fsp3) is 0.263. The van der Waals surface area contributed by atoms with Gasteiger partial charge >= 0.3 is 0 Å². The van der Waals surface area contributed by atoms with Gasteiger partial charge in [0.15, 0.2) is 6.61 Å². The van der Waals surface area contributed by atoms with E-state index in [1.807, 2.05) is 13.8 Å². The molecule has 1 N–H and O–H groups in total. The van der Waals surface area contributed by atoms with E-state index >= 15 is 0 Å². The van der Waals surface area contributed by atoms with Crippen LogP contribution in [-0.2, 0) is 4.79 Å². The molecule has 0 heterocycles. The molecule has 0 aromatic heterocycles. The molecular formula is C19H21ClN2O3. The van der Waals surface area contributed by atoms with Gasteiger partial charge in [0.2, 0.25) is 0 Å². The Balaban J connectivity index is 1.98. The van der Waals surface area contributed by atoms with E-state index in [1.54, 1.807) is 53.4 Å². The number of carbonyl (C=O) groups is 2. The molecule has 5 nitrogen and oxygen atoms in total. The van der Waals surface area contributed by atoms with Crippen LogP contribution in [0.3, 0.4) is 0 Å². The van der Waals surface area contributed by atoms with Gasteiger partial charge in [0.05, 0.1) is 5.02 Å². The van der Waals surface area contributed by atoms with Crippen molar-refractivity contribution < 1.29 is 14.3 Å². The minimum absolute atomic E-state index is 0.0617. The zero-order valence-corrected chi connectivity index (χ0v) is 15.0. The van der Waals surface area contributed by atoms with Crippen molar-refractivity contribution in [2.24, 2.45) is 0 Å². The van der Waals surface area contributed by atoms with E-state index in [2.05, 4.69) is 5.32 Å². The van der Waals surface area contributed by atoms with Crippen LogP contribution in [0.4, 0.5) is 5.69 Å². The van der Waals surface area contributed by atoms with Crippen LogP contribution in [0.5, 0.6) is 5.75 Å². The highest BCUT2D eigenvalue weighted by Crippen LogP contribution is 2.23. The predicted molar refractivity (Wildman–Crippen MR) is 99.3 cm³/mol. The maximum absolute atomic E-state index is 12.4. The number of nitrogens with zero attached hydrogens (tertiary/aromatic N) is 1. The van der Waals surface area contributed by atoms with Gasteiger partial charge in [-0.3, -0.25) is 9.59 Å². The summed E-state index contributed by atoms with van der Waals surface area (Å²) in [6.07, 6.45) is 0. The fourth-order valence-corrected chi connectivity index (χ4v) is 2.52. The summed E-state index contributed by atoms with van der Waals surface area (Å²) in [5.41, 5.74) is 1.08. The van der Waals surface area contributed by atoms with Crippen LogP contribution >= 0.6 is 11.6 Å².